The molecule has 3 aromatic rings. The van der Waals surface area contributed by atoms with Crippen molar-refractivity contribution < 1.29 is 26.4 Å². The van der Waals surface area contributed by atoms with Crippen molar-refractivity contribution in [2.24, 2.45) is 15.5 Å². The third kappa shape index (κ3) is 12.6. The first-order valence-electron chi connectivity index (χ1n) is 20.5. The number of hydrogen-bond acceptors (Lipinski definition) is 11. The molecule has 3 N–H and O–H groups in total. The molecule has 1 aliphatic rings. The molecular weight excluding hydrogens is 791 g/mol. The lowest BCUT2D eigenvalue weighted by molar-refractivity contribution is -0.125. The van der Waals surface area contributed by atoms with Crippen molar-refractivity contribution in [2.45, 2.75) is 119 Å². The van der Waals surface area contributed by atoms with Crippen molar-refractivity contribution in [3.8, 4) is 5.75 Å². The molecule has 0 bridgehead atoms. The van der Waals surface area contributed by atoms with Gasteiger partial charge in [-0.1, -0.05) is 85.8 Å². The fourth-order valence-corrected chi connectivity index (χ4v) is 8.27. The van der Waals surface area contributed by atoms with E-state index in [9.17, 15) is 21.6 Å². The van der Waals surface area contributed by atoms with Gasteiger partial charge in [0.25, 0.3) is 5.91 Å². The van der Waals surface area contributed by atoms with E-state index in [2.05, 4.69) is 57.6 Å². The molecule has 0 saturated heterocycles. The van der Waals surface area contributed by atoms with Gasteiger partial charge >= 0.3 is 0 Å². The Bertz CT molecular complexity index is 2220. The predicted molar refractivity (Wildman–Crippen MR) is 238 cm³/mol. The van der Waals surface area contributed by atoms with E-state index in [-0.39, 0.29) is 23.8 Å². The largest absolute Gasteiger partial charge is 0.482 e. The average Bonchev–Trinajstić information content (AvgIpc) is 3.72. The first-order chi connectivity index (χ1) is 27.5. The monoisotopic (exact) mass is 855 g/mol. The highest BCUT2D eigenvalue weighted by atomic mass is 32.2. The molecule has 15 nitrogen and oxygen atoms in total. The van der Waals surface area contributed by atoms with Crippen LogP contribution in [-0.2, 0) is 30.3 Å². The van der Waals surface area contributed by atoms with Gasteiger partial charge in [-0.25, -0.2) is 26.6 Å². The van der Waals surface area contributed by atoms with Gasteiger partial charge in [-0.05, 0) is 70.0 Å². The zero-order chi connectivity index (χ0) is 43.8. The number of carbonyl (C=O) groups excluding carboxylic acids is 1. The fourth-order valence-electron chi connectivity index (χ4n) is 6.62. The van der Waals surface area contributed by atoms with Crippen LogP contribution in [0.15, 0.2) is 52.6 Å². The first kappa shape index (κ1) is 47.3. The lowest BCUT2D eigenvalue weighted by Gasteiger charge is -2.40. The average molecular weight is 856 g/mol. The van der Waals surface area contributed by atoms with E-state index in [0.29, 0.717) is 43.4 Å². The summed E-state index contributed by atoms with van der Waals surface area (Å²) in [5.74, 6) is 0.890. The van der Waals surface area contributed by atoms with Gasteiger partial charge in [-0.2, -0.15) is 9.78 Å². The highest BCUT2D eigenvalue weighted by Gasteiger charge is 2.46. The highest BCUT2D eigenvalue weighted by molar-refractivity contribution is 7.92. The van der Waals surface area contributed by atoms with Crippen LogP contribution in [0.1, 0.15) is 118 Å². The molecule has 1 aromatic heterocycles. The molecule has 1 amide bonds. The highest BCUT2D eigenvalue weighted by Crippen LogP contribution is 2.37. The van der Waals surface area contributed by atoms with Gasteiger partial charge in [0.05, 0.1) is 29.1 Å². The second kappa shape index (κ2) is 19.4. The van der Waals surface area contributed by atoms with Crippen molar-refractivity contribution in [3.05, 3.63) is 59.7 Å². The number of hydrogen-bond donors (Lipinski definition) is 3. The summed E-state index contributed by atoms with van der Waals surface area (Å²) in [5.41, 5.74) is 2.14. The Balaban J connectivity index is 1.50. The van der Waals surface area contributed by atoms with Crippen LogP contribution in [0, 0.1) is 12.3 Å². The molecule has 0 spiro atoms. The molecule has 326 valence electrons. The lowest BCUT2D eigenvalue weighted by Crippen LogP contribution is -2.57. The van der Waals surface area contributed by atoms with Gasteiger partial charge < -0.3 is 15.0 Å². The smallest absolute Gasteiger partial charge is 0.258 e. The van der Waals surface area contributed by atoms with Crippen LogP contribution in [0.3, 0.4) is 0 Å². The minimum absolute atomic E-state index is 0.0128. The molecular formula is C42H65N9O6S2. The summed E-state index contributed by atoms with van der Waals surface area (Å²) in [7, 11) is -6.89. The summed E-state index contributed by atoms with van der Waals surface area (Å²) >= 11 is 0. The normalized spacial score (nSPS) is 14.3. The zero-order valence-electron chi connectivity index (χ0n) is 36.8. The van der Waals surface area contributed by atoms with Crippen LogP contribution in [0.2, 0.25) is 0 Å². The summed E-state index contributed by atoms with van der Waals surface area (Å²) < 4.78 is 61.7. The van der Waals surface area contributed by atoms with Crippen molar-refractivity contribution in [1.29, 1.82) is 0 Å². The number of rotatable bonds is 22. The van der Waals surface area contributed by atoms with Crippen LogP contribution in [0.25, 0.3) is 0 Å². The Kier molecular flexibility index (Phi) is 15.5. The van der Waals surface area contributed by atoms with Gasteiger partial charge in [0.15, 0.2) is 12.4 Å². The number of aromatic nitrogens is 3. The van der Waals surface area contributed by atoms with E-state index >= 15 is 0 Å². The second-order valence-electron chi connectivity index (χ2n) is 17.3. The standard InChI is InChI=1S/C42H65N9O6S2/c1-12-14-15-16-17-20-27-59(55,56)49-33-21-18-19-22-34(33)57-29-35(52)45-42(9,10)41(7,8)39-47-46-38-36(37(40(4,5)6)48-51(38)39)44-32-24-23-31(28-30(32)3)50(13-2)26-25-43-58(11,53)54/h18-19,21-24,28,43,49H,12-17,20,25-27,29H2,1-11H3,(H,45,52). The van der Waals surface area contributed by atoms with Gasteiger partial charge in [-0.3, -0.25) is 9.52 Å². The Labute approximate surface area is 352 Å². The molecule has 17 heteroatoms. The van der Waals surface area contributed by atoms with Crippen LogP contribution >= 0.6 is 0 Å². The van der Waals surface area contributed by atoms with E-state index in [0.717, 1.165) is 61.0 Å². The SMILES string of the molecule is CCCCCCCCS(=O)(=O)Nc1ccccc1OCC(=O)NC(C)(C)C(C)(C)c1nnc2n1N=C(C(C)(C)C)C2=Nc1ccc(N(CC)CCNS(C)(=O)=O)cc1C. The number of amides is 1. The molecule has 1 aliphatic heterocycles. The zero-order valence-corrected chi connectivity index (χ0v) is 38.4. The molecule has 0 atom stereocenters. The predicted octanol–water partition coefficient (Wildman–Crippen LogP) is 6.70. The van der Waals surface area contributed by atoms with Crippen LogP contribution in [-0.4, -0.2) is 92.8 Å². The number of para-hydroxylation sites is 2. The summed E-state index contributed by atoms with van der Waals surface area (Å²) in [6.07, 6.45) is 6.98. The maximum absolute atomic E-state index is 13.5. The van der Waals surface area contributed by atoms with Crippen molar-refractivity contribution in [3.63, 3.8) is 0 Å². The summed E-state index contributed by atoms with van der Waals surface area (Å²) in [4.78, 5) is 20.7. The van der Waals surface area contributed by atoms with Crippen molar-refractivity contribution in [1.82, 2.24) is 24.9 Å². The minimum atomic E-state index is -3.60. The summed E-state index contributed by atoms with van der Waals surface area (Å²) in [6, 6.07) is 12.6. The number of sulfonamides is 2. The fraction of sp³-hybridized carbons (Fsp3) is 0.595. The lowest BCUT2D eigenvalue weighted by atomic mass is 9.73. The van der Waals surface area contributed by atoms with Crippen molar-refractivity contribution >= 4 is 54.4 Å². The number of fused-ring (bicyclic) bond motifs is 1. The Hall–Kier alpha value is -4.35. The number of ether oxygens (including phenoxy) is 1. The topological polar surface area (TPSA) is 189 Å². The Morgan fingerprint density at radius 1 is 0.915 bits per heavy atom. The number of benzene rings is 2. The molecule has 2 aromatic carbocycles. The van der Waals surface area contributed by atoms with E-state index in [1.165, 1.54) is 0 Å². The number of aliphatic imine (C=N–C) groups is 1. The second-order valence-corrected chi connectivity index (χ2v) is 21.0. The maximum atomic E-state index is 13.5. The molecule has 0 unspecified atom stereocenters. The Morgan fingerprint density at radius 3 is 2.24 bits per heavy atom. The number of unbranched alkanes of at least 4 members (excludes halogenated alkanes) is 5. The number of likely N-dealkylation sites (N-methyl/N-ethyl adjacent to an activating group) is 1. The number of carbonyl (C=O) groups is 1. The Morgan fingerprint density at radius 2 is 1.59 bits per heavy atom. The molecule has 4 rings (SSSR count). The van der Waals surface area contributed by atoms with Crippen LogP contribution in [0.4, 0.5) is 17.1 Å². The molecule has 0 radical (unpaired) electrons. The number of aryl methyl sites for hydroxylation is 1. The third-order valence-electron chi connectivity index (χ3n) is 10.7. The quantitative estimate of drug-likeness (QED) is 0.0924. The number of nitrogens with zero attached hydrogens (tertiary/aromatic N) is 6. The summed E-state index contributed by atoms with van der Waals surface area (Å²) in [5, 5.41) is 17.3. The van der Waals surface area contributed by atoms with Gasteiger partial charge in [-0.15, -0.1) is 10.2 Å². The third-order valence-corrected chi connectivity index (χ3v) is 12.8. The van der Waals surface area contributed by atoms with Crippen LogP contribution < -0.4 is 24.4 Å². The molecule has 0 saturated carbocycles. The molecule has 59 heavy (non-hydrogen) atoms. The van der Waals surface area contributed by atoms with Gasteiger partial charge in [0, 0.05) is 41.7 Å². The van der Waals surface area contributed by atoms with Gasteiger partial charge in [0.2, 0.25) is 25.9 Å². The molecule has 0 fully saturated rings. The van der Waals surface area contributed by atoms with Gasteiger partial charge in [0.1, 0.15) is 11.5 Å². The van der Waals surface area contributed by atoms with Crippen LogP contribution in [0.5, 0.6) is 5.75 Å². The van der Waals surface area contributed by atoms with Crippen molar-refractivity contribution in [2.75, 3.05) is 47.9 Å². The first-order valence-corrected chi connectivity index (χ1v) is 24.0. The van der Waals surface area contributed by atoms with E-state index in [1.54, 1.807) is 28.9 Å². The summed E-state index contributed by atoms with van der Waals surface area (Å²) in [6.45, 7) is 21.2. The van der Waals surface area contributed by atoms with E-state index in [4.69, 9.17) is 14.8 Å². The van der Waals surface area contributed by atoms with E-state index in [1.807, 2.05) is 59.7 Å². The molecule has 2 heterocycles. The number of nitrogens with one attached hydrogen (secondary N) is 3. The maximum Gasteiger partial charge on any atom is 0.258 e. The minimum Gasteiger partial charge on any atom is -0.482 e. The molecule has 0 aliphatic carbocycles. The van der Waals surface area contributed by atoms with E-state index < -0.39 is 42.3 Å². The number of anilines is 2.